The molecule has 1 N–H and O–H groups in total. The maximum atomic E-state index is 12.4. The fraction of sp³-hybridized carbons (Fsp3) is 0.333. The Morgan fingerprint density at radius 2 is 1.62 bits per heavy atom. The normalized spacial score (nSPS) is 13.2. The van der Waals surface area contributed by atoms with Crippen molar-refractivity contribution < 1.29 is 9.59 Å². The van der Waals surface area contributed by atoms with Crippen LogP contribution in [0.3, 0.4) is 0 Å². The van der Waals surface area contributed by atoms with E-state index >= 15 is 0 Å². The Morgan fingerprint density at radius 1 is 0.917 bits per heavy atom. The first-order valence-corrected chi connectivity index (χ1v) is 8.63. The predicted octanol–water partition coefficient (Wildman–Crippen LogP) is 4.48. The van der Waals surface area contributed by atoms with Gasteiger partial charge in [-0.2, -0.15) is 0 Å². The number of hydrogen-bond donors (Lipinski definition) is 1. The van der Waals surface area contributed by atoms with Crippen molar-refractivity contribution in [2.24, 2.45) is 0 Å². The number of Topliss-reactive ketones (excluding diaryl/α,β-unsaturated/α-hetero) is 1. The van der Waals surface area contributed by atoms with Gasteiger partial charge in [0.05, 0.1) is 0 Å². The van der Waals surface area contributed by atoms with Crippen molar-refractivity contribution in [3.8, 4) is 0 Å². The Labute approximate surface area is 143 Å². The van der Waals surface area contributed by atoms with Crippen LogP contribution in [0.5, 0.6) is 0 Å². The number of carbonyl (C=O) groups is 2. The van der Waals surface area contributed by atoms with Gasteiger partial charge in [-0.15, -0.1) is 0 Å². The molecule has 3 nitrogen and oxygen atoms in total. The maximum absolute atomic E-state index is 12.4. The van der Waals surface area contributed by atoms with Crippen LogP contribution in [-0.4, -0.2) is 11.7 Å². The molecule has 0 radical (unpaired) electrons. The minimum Gasteiger partial charge on any atom is -0.326 e. The van der Waals surface area contributed by atoms with E-state index in [2.05, 4.69) is 11.4 Å². The molecule has 2 aromatic carbocycles. The largest absolute Gasteiger partial charge is 0.326 e. The lowest BCUT2D eigenvalue weighted by atomic mass is 9.89. The molecular weight excluding hydrogens is 298 g/mol. The number of benzene rings is 2. The molecule has 0 saturated heterocycles. The number of aryl methyl sites for hydroxylation is 3. The summed E-state index contributed by atoms with van der Waals surface area (Å²) in [7, 11) is 0. The summed E-state index contributed by atoms with van der Waals surface area (Å²) in [5, 5.41) is 2.83. The maximum Gasteiger partial charge on any atom is 0.224 e. The molecule has 0 atom stereocenters. The van der Waals surface area contributed by atoms with Gasteiger partial charge in [-0.1, -0.05) is 29.8 Å². The number of nitrogens with one attached hydrogen (secondary N) is 1. The molecule has 0 saturated carbocycles. The number of rotatable bonds is 5. The summed E-state index contributed by atoms with van der Waals surface area (Å²) in [4.78, 5) is 24.4. The minimum absolute atomic E-state index is 0.0439. The molecule has 0 aromatic heterocycles. The molecule has 1 aliphatic carbocycles. The van der Waals surface area contributed by atoms with E-state index < -0.39 is 0 Å². The number of anilines is 1. The smallest absolute Gasteiger partial charge is 0.224 e. The van der Waals surface area contributed by atoms with Gasteiger partial charge in [0.1, 0.15) is 0 Å². The van der Waals surface area contributed by atoms with Crippen molar-refractivity contribution in [2.45, 2.75) is 45.4 Å². The third kappa shape index (κ3) is 4.10. The number of carbonyl (C=O) groups excluding carboxylic acids is 2. The number of hydrogen-bond acceptors (Lipinski definition) is 2. The number of amides is 1. The van der Waals surface area contributed by atoms with E-state index in [-0.39, 0.29) is 24.5 Å². The lowest BCUT2D eigenvalue weighted by Gasteiger charge is -2.16. The summed E-state index contributed by atoms with van der Waals surface area (Å²) in [6, 6.07) is 13.7. The highest BCUT2D eigenvalue weighted by Gasteiger charge is 2.14. The molecule has 0 unspecified atom stereocenters. The van der Waals surface area contributed by atoms with Crippen LogP contribution < -0.4 is 5.32 Å². The van der Waals surface area contributed by atoms with E-state index in [0.29, 0.717) is 0 Å². The molecule has 0 heterocycles. The second-order valence-corrected chi connectivity index (χ2v) is 6.53. The average Bonchev–Trinajstić information content (AvgIpc) is 2.61. The zero-order valence-electron chi connectivity index (χ0n) is 14.1. The van der Waals surface area contributed by atoms with Crippen LogP contribution in [0.1, 0.15) is 52.7 Å². The van der Waals surface area contributed by atoms with Gasteiger partial charge in [0.2, 0.25) is 5.91 Å². The molecule has 2 aromatic rings. The van der Waals surface area contributed by atoms with Gasteiger partial charge in [0.25, 0.3) is 0 Å². The van der Waals surface area contributed by atoms with Gasteiger partial charge >= 0.3 is 0 Å². The van der Waals surface area contributed by atoms with Gasteiger partial charge < -0.3 is 5.32 Å². The second kappa shape index (κ2) is 7.43. The quantitative estimate of drug-likeness (QED) is 0.826. The first-order valence-electron chi connectivity index (χ1n) is 8.63. The fourth-order valence-electron chi connectivity index (χ4n) is 3.14. The standard InChI is InChI=1S/C21H23NO2/c1-15-6-10-19(11-7-15)22-21(24)13-12-20(23)18-9-8-16-4-2-3-5-17(16)14-18/h6-11,14H,2-5,12-13H2,1H3,(H,22,24). The molecular formula is C21H23NO2. The predicted molar refractivity (Wildman–Crippen MR) is 96.5 cm³/mol. The van der Waals surface area contributed by atoms with E-state index in [1.54, 1.807) is 0 Å². The van der Waals surface area contributed by atoms with Crippen molar-refractivity contribution >= 4 is 17.4 Å². The van der Waals surface area contributed by atoms with Crippen molar-refractivity contribution in [2.75, 3.05) is 5.32 Å². The van der Waals surface area contributed by atoms with Crippen LogP contribution in [0.2, 0.25) is 0 Å². The lowest BCUT2D eigenvalue weighted by Crippen LogP contribution is -2.14. The molecule has 1 amide bonds. The Bertz CT molecular complexity index is 747. The molecule has 0 aliphatic heterocycles. The van der Waals surface area contributed by atoms with E-state index in [1.807, 2.05) is 43.3 Å². The summed E-state index contributed by atoms with van der Waals surface area (Å²) < 4.78 is 0. The van der Waals surface area contributed by atoms with Crippen LogP contribution in [-0.2, 0) is 17.6 Å². The zero-order chi connectivity index (χ0) is 16.9. The summed E-state index contributed by atoms with van der Waals surface area (Å²) in [6.07, 6.45) is 5.07. The summed E-state index contributed by atoms with van der Waals surface area (Å²) >= 11 is 0. The van der Waals surface area contributed by atoms with Gasteiger partial charge in [0, 0.05) is 24.1 Å². The molecule has 124 valence electrons. The van der Waals surface area contributed by atoms with Crippen LogP contribution in [0, 0.1) is 6.92 Å². The average molecular weight is 321 g/mol. The lowest BCUT2D eigenvalue weighted by molar-refractivity contribution is -0.116. The molecule has 0 fully saturated rings. The van der Waals surface area contributed by atoms with Crippen molar-refractivity contribution in [3.05, 3.63) is 64.7 Å². The second-order valence-electron chi connectivity index (χ2n) is 6.53. The SMILES string of the molecule is Cc1ccc(NC(=O)CCC(=O)c2ccc3c(c2)CCCC3)cc1. The highest BCUT2D eigenvalue weighted by molar-refractivity contribution is 6.00. The van der Waals surface area contributed by atoms with Crippen LogP contribution >= 0.6 is 0 Å². The fourth-order valence-corrected chi connectivity index (χ4v) is 3.14. The topological polar surface area (TPSA) is 46.2 Å². The number of ketones is 1. The third-order valence-corrected chi connectivity index (χ3v) is 4.58. The number of fused-ring (bicyclic) bond motifs is 1. The van der Waals surface area contributed by atoms with Gasteiger partial charge in [-0.05, 0) is 61.9 Å². The van der Waals surface area contributed by atoms with Gasteiger partial charge in [0.15, 0.2) is 5.78 Å². The Kier molecular flexibility index (Phi) is 5.09. The van der Waals surface area contributed by atoms with E-state index in [1.165, 1.54) is 24.0 Å². The van der Waals surface area contributed by atoms with Crippen molar-refractivity contribution in [3.63, 3.8) is 0 Å². The van der Waals surface area contributed by atoms with Crippen LogP contribution in [0.4, 0.5) is 5.69 Å². The Hall–Kier alpha value is -2.42. The van der Waals surface area contributed by atoms with Crippen molar-refractivity contribution in [1.82, 2.24) is 0 Å². The minimum atomic E-state index is -0.120. The van der Waals surface area contributed by atoms with Gasteiger partial charge in [-0.25, -0.2) is 0 Å². The molecule has 3 heteroatoms. The first-order chi connectivity index (χ1) is 11.6. The zero-order valence-corrected chi connectivity index (χ0v) is 14.1. The van der Waals surface area contributed by atoms with E-state index in [9.17, 15) is 9.59 Å². The molecule has 0 bridgehead atoms. The van der Waals surface area contributed by atoms with Crippen molar-refractivity contribution in [1.29, 1.82) is 0 Å². The highest BCUT2D eigenvalue weighted by atomic mass is 16.2. The first kappa shape index (κ1) is 16.4. The molecule has 1 aliphatic rings. The third-order valence-electron chi connectivity index (χ3n) is 4.58. The molecule has 3 rings (SSSR count). The summed E-state index contributed by atoms with van der Waals surface area (Å²) in [5.41, 5.74) is 5.33. The van der Waals surface area contributed by atoms with Crippen LogP contribution in [0.25, 0.3) is 0 Å². The summed E-state index contributed by atoms with van der Waals surface area (Å²) in [5.74, 6) is -0.0763. The van der Waals surface area contributed by atoms with E-state index in [0.717, 1.165) is 29.7 Å². The summed E-state index contributed by atoms with van der Waals surface area (Å²) in [6.45, 7) is 2.00. The Balaban J connectivity index is 1.55. The Morgan fingerprint density at radius 3 is 2.38 bits per heavy atom. The van der Waals surface area contributed by atoms with Gasteiger partial charge in [-0.3, -0.25) is 9.59 Å². The van der Waals surface area contributed by atoms with E-state index in [4.69, 9.17) is 0 Å². The van der Waals surface area contributed by atoms with Crippen LogP contribution in [0.15, 0.2) is 42.5 Å². The monoisotopic (exact) mass is 321 g/mol. The molecule has 0 spiro atoms. The highest BCUT2D eigenvalue weighted by Crippen LogP contribution is 2.23. The molecule has 24 heavy (non-hydrogen) atoms.